The SMILES string of the molecule is CN=C(NCC(C)Oc1cccc(OC)c1)NC1CCN(C(=O)C2CCCCC2)C1.I. The third kappa shape index (κ3) is 7.73. The Morgan fingerprint density at radius 2 is 1.97 bits per heavy atom. The average Bonchev–Trinajstić information content (AvgIpc) is 3.25. The van der Waals surface area contributed by atoms with E-state index in [2.05, 4.69) is 15.6 Å². The van der Waals surface area contributed by atoms with Crippen molar-refractivity contribution in [3.05, 3.63) is 24.3 Å². The number of ether oxygens (including phenoxy) is 2. The standard InChI is InChI=1S/C23H36N4O3.HI/c1-17(30-21-11-7-10-20(14-21)29-3)15-25-23(24-2)26-19-12-13-27(16-19)22(28)18-8-5-4-6-9-18;/h7,10-11,14,17-19H,4-6,8-9,12-13,15-16H2,1-3H3,(H2,24,25,26);1H. The molecule has 2 fully saturated rings. The molecule has 174 valence electrons. The number of carbonyl (C=O) groups excluding carboxylic acids is 1. The Labute approximate surface area is 203 Å². The zero-order valence-corrected chi connectivity index (χ0v) is 21.3. The van der Waals surface area contributed by atoms with E-state index < -0.39 is 0 Å². The summed E-state index contributed by atoms with van der Waals surface area (Å²) in [5.74, 6) is 2.89. The predicted octanol–water partition coefficient (Wildman–Crippen LogP) is 3.43. The minimum absolute atomic E-state index is 0. The van der Waals surface area contributed by atoms with E-state index >= 15 is 0 Å². The second-order valence-corrected chi connectivity index (χ2v) is 8.31. The van der Waals surface area contributed by atoms with Gasteiger partial charge in [0, 0.05) is 38.2 Å². The van der Waals surface area contributed by atoms with E-state index in [0.29, 0.717) is 12.5 Å². The molecule has 0 bridgehead atoms. The number of hydrogen-bond acceptors (Lipinski definition) is 4. The molecule has 0 radical (unpaired) electrons. The molecule has 2 unspecified atom stereocenters. The quantitative estimate of drug-likeness (QED) is 0.313. The van der Waals surface area contributed by atoms with Gasteiger partial charge < -0.3 is 25.0 Å². The lowest BCUT2D eigenvalue weighted by Crippen LogP contribution is -2.47. The topological polar surface area (TPSA) is 75.2 Å². The number of halogens is 1. The predicted molar refractivity (Wildman–Crippen MR) is 135 cm³/mol. The normalized spacial score (nSPS) is 20.5. The fourth-order valence-electron chi connectivity index (χ4n) is 4.26. The van der Waals surface area contributed by atoms with Crippen LogP contribution in [0.3, 0.4) is 0 Å². The number of methoxy groups -OCH3 is 1. The van der Waals surface area contributed by atoms with E-state index in [1.54, 1.807) is 14.2 Å². The summed E-state index contributed by atoms with van der Waals surface area (Å²) >= 11 is 0. The first-order valence-corrected chi connectivity index (χ1v) is 11.2. The maximum atomic E-state index is 12.8. The van der Waals surface area contributed by atoms with Gasteiger partial charge in [-0.3, -0.25) is 9.79 Å². The van der Waals surface area contributed by atoms with Crippen LogP contribution in [0.4, 0.5) is 0 Å². The zero-order chi connectivity index (χ0) is 21.3. The summed E-state index contributed by atoms with van der Waals surface area (Å²) in [5.41, 5.74) is 0. The Morgan fingerprint density at radius 3 is 2.68 bits per heavy atom. The maximum absolute atomic E-state index is 12.8. The molecule has 1 aromatic rings. The van der Waals surface area contributed by atoms with Gasteiger partial charge in [0.05, 0.1) is 13.7 Å². The summed E-state index contributed by atoms with van der Waals surface area (Å²) in [6.07, 6.45) is 6.69. The smallest absolute Gasteiger partial charge is 0.225 e. The van der Waals surface area contributed by atoms with Gasteiger partial charge in [-0.2, -0.15) is 0 Å². The van der Waals surface area contributed by atoms with Crippen LogP contribution in [-0.4, -0.2) is 62.7 Å². The monoisotopic (exact) mass is 544 g/mol. The molecule has 1 amide bonds. The Morgan fingerprint density at radius 1 is 1.23 bits per heavy atom. The molecule has 3 rings (SSSR count). The number of amides is 1. The molecule has 2 N–H and O–H groups in total. The Hall–Kier alpha value is -1.71. The van der Waals surface area contributed by atoms with Gasteiger partial charge in [0.1, 0.15) is 17.6 Å². The fourth-order valence-corrected chi connectivity index (χ4v) is 4.26. The number of aliphatic imine (C=N–C) groups is 1. The summed E-state index contributed by atoms with van der Waals surface area (Å²) in [6.45, 7) is 4.22. The Balaban J connectivity index is 0.00000341. The van der Waals surface area contributed by atoms with Gasteiger partial charge in [0.15, 0.2) is 5.96 Å². The van der Waals surface area contributed by atoms with Crippen LogP contribution in [0, 0.1) is 5.92 Å². The summed E-state index contributed by atoms with van der Waals surface area (Å²) in [4.78, 5) is 19.1. The molecule has 0 spiro atoms. The maximum Gasteiger partial charge on any atom is 0.225 e. The van der Waals surface area contributed by atoms with E-state index in [4.69, 9.17) is 9.47 Å². The highest BCUT2D eigenvalue weighted by Crippen LogP contribution is 2.26. The molecule has 0 aromatic heterocycles. The highest BCUT2D eigenvalue weighted by Gasteiger charge is 2.31. The zero-order valence-electron chi connectivity index (χ0n) is 18.9. The third-order valence-corrected chi connectivity index (χ3v) is 5.95. The molecular formula is C23H37IN4O3. The van der Waals surface area contributed by atoms with Crippen LogP contribution in [0.1, 0.15) is 45.4 Å². The van der Waals surface area contributed by atoms with Crippen molar-refractivity contribution >= 4 is 35.8 Å². The van der Waals surface area contributed by atoms with E-state index in [9.17, 15) is 4.79 Å². The molecule has 1 heterocycles. The molecular weight excluding hydrogens is 507 g/mol. The minimum Gasteiger partial charge on any atom is -0.497 e. The fraction of sp³-hybridized carbons (Fsp3) is 0.652. The second-order valence-electron chi connectivity index (χ2n) is 8.31. The first-order chi connectivity index (χ1) is 14.6. The van der Waals surface area contributed by atoms with Crippen LogP contribution < -0.4 is 20.1 Å². The summed E-state index contributed by atoms with van der Waals surface area (Å²) in [6, 6.07) is 7.84. The number of rotatable bonds is 7. The van der Waals surface area contributed by atoms with Crippen LogP contribution in [0.2, 0.25) is 0 Å². The molecule has 2 atom stereocenters. The molecule has 1 aromatic carbocycles. The largest absolute Gasteiger partial charge is 0.497 e. The average molecular weight is 544 g/mol. The molecule has 8 heteroatoms. The van der Waals surface area contributed by atoms with Crippen LogP contribution in [-0.2, 0) is 4.79 Å². The Kier molecular flexibility index (Phi) is 10.7. The van der Waals surface area contributed by atoms with Crippen molar-refractivity contribution in [3.8, 4) is 11.5 Å². The second kappa shape index (κ2) is 13.0. The van der Waals surface area contributed by atoms with Crippen LogP contribution >= 0.6 is 24.0 Å². The molecule has 1 aliphatic carbocycles. The summed E-state index contributed by atoms with van der Waals surface area (Å²) in [7, 11) is 3.41. The lowest BCUT2D eigenvalue weighted by molar-refractivity contribution is -0.135. The molecule has 2 aliphatic rings. The van der Waals surface area contributed by atoms with E-state index in [0.717, 1.165) is 49.8 Å². The number of benzene rings is 1. The summed E-state index contributed by atoms with van der Waals surface area (Å²) in [5, 5.41) is 6.79. The lowest BCUT2D eigenvalue weighted by atomic mass is 9.88. The van der Waals surface area contributed by atoms with Gasteiger partial charge in [-0.1, -0.05) is 25.3 Å². The van der Waals surface area contributed by atoms with Gasteiger partial charge in [-0.05, 0) is 38.3 Å². The van der Waals surface area contributed by atoms with E-state index in [-0.39, 0.29) is 42.0 Å². The first kappa shape index (κ1) is 25.5. The molecule has 31 heavy (non-hydrogen) atoms. The highest BCUT2D eigenvalue weighted by atomic mass is 127. The van der Waals surface area contributed by atoms with Crippen molar-refractivity contribution in [3.63, 3.8) is 0 Å². The van der Waals surface area contributed by atoms with Gasteiger partial charge in [0.25, 0.3) is 0 Å². The number of carbonyl (C=O) groups is 1. The molecule has 1 aliphatic heterocycles. The highest BCUT2D eigenvalue weighted by molar-refractivity contribution is 14.0. The molecule has 1 saturated heterocycles. The van der Waals surface area contributed by atoms with Crippen LogP contribution in [0.25, 0.3) is 0 Å². The van der Waals surface area contributed by atoms with Crippen LogP contribution in [0.15, 0.2) is 29.3 Å². The van der Waals surface area contributed by atoms with E-state index in [1.165, 1.54) is 19.3 Å². The minimum atomic E-state index is -0.0383. The van der Waals surface area contributed by atoms with Gasteiger partial charge >= 0.3 is 0 Å². The number of guanidine groups is 1. The van der Waals surface area contributed by atoms with Gasteiger partial charge in [-0.15, -0.1) is 24.0 Å². The number of hydrogen-bond donors (Lipinski definition) is 2. The molecule has 1 saturated carbocycles. The third-order valence-electron chi connectivity index (χ3n) is 5.95. The number of nitrogens with one attached hydrogen (secondary N) is 2. The lowest BCUT2D eigenvalue weighted by Gasteiger charge is -2.26. The number of nitrogens with zero attached hydrogens (tertiary/aromatic N) is 2. The molecule has 7 nitrogen and oxygen atoms in total. The van der Waals surface area contributed by atoms with Gasteiger partial charge in [-0.25, -0.2) is 0 Å². The van der Waals surface area contributed by atoms with E-state index in [1.807, 2.05) is 36.1 Å². The first-order valence-electron chi connectivity index (χ1n) is 11.2. The van der Waals surface area contributed by atoms with Crippen molar-refractivity contribution in [1.29, 1.82) is 0 Å². The number of likely N-dealkylation sites (tertiary alicyclic amines) is 1. The van der Waals surface area contributed by atoms with Crippen molar-refractivity contribution in [2.24, 2.45) is 10.9 Å². The van der Waals surface area contributed by atoms with Crippen molar-refractivity contribution < 1.29 is 14.3 Å². The van der Waals surface area contributed by atoms with Crippen LogP contribution in [0.5, 0.6) is 11.5 Å². The van der Waals surface area contributed by atoms with Gasteiger partial charge in [0.2, 0.25) is 5.91 Å². The van der Waals surface area contributed by atoms with Crippen molar-refractivity contribution in [2.45, 2.75) is 57.6 Å². The van der Waals surface area contributed by atoms with Crippen molar-refractivity contribution in [1.82, 2.24) is 15.5 Å². The Bertz CT molecular complexity index is 725. The van der Waals surface area contributed by atoms with Crippen molar-refractivity contribution in [2.75, 3.05) is 33.8 Å². The summed E-state index contributed by atoms with van der Waals surface area (Å²) < 4.78 is 11.2.